The molecule has 0 bridgehead atoms. The highest BCUT2D eigenvalue weighted by atomic mass is 35.5. The lowest BCUT2D eigenvalue weighted by atomic mass is 10.3. The molecule has 0 atom stereocenters. The van der Waals surface area contributed by atoms with Crippen molar-refractivity contribution in [3.63, 3.8) is 0 Å². The number of fused-ring (bicyclic) bond motifs is 1. The largest absolute Gasteiger partial charge is 0.351 e. The topological polar surface area (TPSA) is 60.9 Å². The predicted molar refractivity (Wildman–Crippen MR) is 49.7 cm³/mol. The van der Waals surface area contributed by atoms with Gasteiger partial charge in [0, 0.05) is 11.6 Å². The van der Waals surface area contributed by atoms with Crippen molar-refractivity contribution in [1.29, 1.82) is 0 Å². The number of nitrogens with zero attached hydrogens (tertiary/aromatic N) is 2. The van der Waals surface area contributed by atoms with E-state index in [0.29, 0.717) is 10.8 Å². The van der Waals surface area contributed by atoms with Gasteiger partial charge in [-0.05, 0) is 18.2 Å². The molecular formula is C8H6ClN3O. The normalized spacial score (nSPS) is 10.5. The van der Waals surface area contributed by atoms with Gasteiger partial charge in [-0.3, -0.25) is 4.57 Å². The monoisotopic (exact) mass is 195 g/mol. The number of pyridine rings is 1. The molecule has 2 rings (SSSR count). The van der Waals surface area contributed by atoms with E-state index in [4.69, 9.17) is 17.3 Å². The van der Waals surface area contributed by atoms with Gasteiger partial charge in [-0.25, -0.2) is 9.78 Å². The summed E-state index contributed by atoms with van der Waals surface area (Å²) in [6.45, 7) is 0. The fourth-order valence-electron chi connectivity index (χ4n) is 1.16. The molecule has 5 heteroatoms. The summed E-state index contributed by atoms with van der Waals surface area (Å²) in [6.07, 6.45) is 1.57. The average molecular weight is 196 g/mol. The zero-order valence-electron chi connectivity index (χ0n) is 6.57. The second-order valence-corrected chi connectivity index (χ2v) is 2.96. The molecule has 0 fully saturated rings. The number of aromatic nitrogens is 2. The van der Waals surface area contributed by atoms with Crippen molar-refractivity contribution in [1.82, 2.24) is 9.55 Å². The van der Waals surface area contributed by atoms with Crippen LogP contribution in [0, 0.1) is 0 Å². The summed E-state index contributed by atoms with van der Waals surface area (Å²) in [4.78, 5) is 14.9. The molecule has 66 valence electrons. The summed E-state index contributed by atoms with van der Waals surface area (Å²) in [5, 5.41) is 1.18. The highest BCUT2D eigenvalue weighted by molar-refractivity contribution is 6.29. The average Bonchev–Trinajstić information content (AvgIpc) is 2.46. The lowest BCUT2D eigenvalue weighted by molar-refractivity contribution is 0.251. The van der Waals surface area contributed by atoms with Gasteiger partial charge in [-0.2, -0.15) is 0 Å². The molecule has 0 radical (unpaired) electrons. The summed E-state index contributed by atoms with van der Waals surface area (Å²) in [5.41, 5.74) is 5.60. The summed E-state index contributed by atoms with van der Waals surface area (Å²) in [5.74, 6) is 0. The minimum Gasteiger partial charge on any atom is -0.351 e. The molecule has 0 aliphatic rings. The Morgan fingerprint density at radius 3 is 2.92 bits per heavy atom. The fraction of sp³-hybridized carbons (Fsp3) is 0. The standard InChI is InChI=1S/C8H6ClN3O/c9-6-2-1-5-3-4-12(8(10)13)7(5)11-6/h1-4H,(H2,10,13). The quantitative estimate of drug-likeness (QED) is 0.650. The van der Waals surface area contributed by atoms with Crippen molar-refractivity contribution in [2.24, 2.45) is 5.73 Å². The molecule has 2 heterocycles. The summed E-state index contributed by atoms with van der Waals surface area (Å²) in [6, 6.07) is 4.63. The second kappa shape index (κ2) is 2.74. The van der Waals surface area contributed by atoms with Crippen LogP contribution in [0.5, 0.6) is 0 Å². The fourth-order valence-corrected chi connectivity index (χ4v) is 1.31. The van der Waals surface area contributed by atoms with Crippen LogP contribution in [0.25, 0.3) is 11.0 Å². The SMILES string of the molecule is NC(=O)n1ccc2ccc(Cl)nc21. The third kappa shape index (κ3) is 1.25. The van der Waals surface area contributed by atoms with E-state index in [9.17, 15) is 4.79 Å². The van der Waals surface area contributed by atoms with Crippen LogP contribution in [0.15, 0.2) is 24.4 Å². The Kier molecular flexibility index (Phi) is 1.70. The first-order valence-electron chi connectivity index (χ1n) is 3.62. The molecule has 4 nitrogen and oxygen atoms in total. The van der Waals surface area contributed by atoms with Crippen molar-refractivity contribution >= 4 is 28.7 Å². The van der Waals surface area contributed by atoms with Gasteiger partial charge in [0.25, 0.3) is 0 Å². The van der Waals surface area contributed by atoms with Crippen molar-refractivity contribution in [3.8, 4) is 0 Å². The Hall–Kier alpha value is -1.55. The van der Waals surface area contributed by atoms with Crippen LogP contribution in [-0.2, 0) is 0 Å². The molecule has 13 heavy (non-hydrogen) atoms. The third-order valence-electron chi connectivity index (χ3n) is 1.74. The highest BCUT2D eigenvalue weighted by Crippen LogP contribution is 2.15. The number of halogens is 1. The summed E-state index contributed by atoms with van der Waals surface area (Å²) < 4.78 is 1.25. The van der Waals surface area contributed by atoms with Crippen LogP contribution >= 0.6 is 11.6 Å². The van der Waals surface area contributed by atoms with Gasteiger partial charge in [0.15, 0.2) is 0 Å². The Morgan fingerprint density at radius 1 is 1.46 bits per heavy atom. The van der Waals surface area contributed by atoms with Crippen molar-refractivity contribution in [2.75, 3.05) is 0 Å². The van der Waals surface area contributed by atoms with Crippen molar-refractivity contribution in [2.45, 2.75) is 0 Å². The van der Waals surface area contributed by atoms with E-state index in [1.165, 1.54) is 4.57 Å². The molecule has 0 unspecified atom stereocenters. The van der Waals surface area contributed by atoms with Gasteiger partial charge >= 0.3 is 6.03 Å². The predicted octanol–water partition coefficient (Wildman–Crippen LogP) is 1.62. The molecule has 0 saturated heterocycles. The van der Waals surface area contributed by atoms with Crippen LogP contribution in [0.2, 0.25) is 5.15 Å². The number of hydrogen-bond acceptors (Lipinski definition) is 2. The summed E-state index contributed by atoms with van der Waals surface area (Å²) in [7, 11) is 0. The number of nitrogens with two attached hydrogens (primary N) is 1. The van der Waals surface area contributed by atoms with Gasteiger partial charge in [0.1, 0.15) is 10.8 Å². The van der Waals surface area contributed by atoms with Crippen LogP contribution in [0.1, 0.15) is 0 Å². The van der Waals surface area contributed by atoms with Gasteiger partial charge in [0.05, 0.1) is 0 Å². The minimum absolute atomic E-state index is 0.341. The van der Waals surface area contributed by atoms with E-state index >= 15 is 0 Å². The molecule has 0 aliphatic heterocycles. The zero-order chi connectivity index (χ0) is 9.42. The van der Waals surface area contributed by atoms with E-state index < -0.39 is 6.03 Å². The second-order valence-electron chi connectivity index (χ2n) is 2.57. The van der Waals surface area contributed by atoms with Crippen LogP contribution in [0.3, 0.4) is 0 Å². The smallest absolute Gasteiger partial charge is 0.324 e. The third-order valence-corrected chi connectivity index (χ3v) is 1.95. The molecule has 0 spiro atoms. The Labute approximate surface area is 78.9 Å². The minimum atomic E-state index is -0.565. The zero-order valence-corrected chi connectivity index (χ0v) is 7.32. The first-order valence-corrected chi connectivity index (χ1v) is 4.00. The molecule has 0 aromatic carbocycles. The Balaban J connectivity index is 2.79. The van der Waals surface area contributed by atoms with E-state index in [1.54, 1.807) is 24.4 Å². The van der Waals surface area contributed by atoms with E-state index in [-0.39, 0.29) is 0 Å². The van der Waals surface area contributed by atoms with Gasteiger partial charge < -0.3 is 5.73 Å². The van der Waals surface area contributed by atoms with Crippen molar-refractivity contribution < 1.29 is 4.79 Å². The number of hydrogen-bond donors (Lipinski definition) is 1. The molecule has 0 saturated carbocycles. The van der Waals surface area contributed by atoms with Gasteiger partial charge in [-0.15, -0.1) is 0 Å². The van der Waals surface area contributed by atoms with E-state index in [1.807, 2.05) is 0 Å². The number of rotatable bonds is 0. The lowest BCUT2D eigenvalue weighted by Gasteiger charge is -1.97. The van der Waals surface area contributed by atoms with Crippen LogP contribution in [-0.4, -0.2) is 15.6 Å². The first-order chi connectivity index (χ1) is 6.18. The molecule has 2 N–H and O–H groups in total. The summed E-state index contributed by atoms with van der Waals surface area (Å²) >= 11 is 5.68. The maximum absolute atomic E-state index is 10.9. The molecule has 2 aromatic rings. The molecule has 1 amide bonds. The maximum atomic E-state index is 10.9. The van der Waals surface area contributed by atoms with Gasteiger partial charge in [-0.1, -0.05) is 11.6 Å². The van der Waals surface area contributed by atoms with E-state index in [0.717, 1.165) is 5.39 Å². The number of carbonyl (C=O) groups is 1. The Bertz CT molecular complexity index is 477. The van der Waals surface area contributed by atoms with Gasteiger partial charge in [0.2, 0.25) is 0 Å². The lowest BCUT2D eigenvalue weighted by Crippen LogP contribution is -2.18. The first kappa shape index (κ1) is 8.07. The molecule has 0 aliphatic carbocycles. The molecule has 2 aromatic heterocycles. The van der Waals surface area contributed by atoms with Crippen LogP contribution in [0.4, 0.5) is 4.79 Å². The maximum Gasteiger partial charge on any atom is 0.324 e. The van der Waals surface area contributed by atoms with Crippen LogP contribution < -0.4 is 5.73 Å². The highest BCUT2D eigenvalue weighted by Gasteiger charge is 2.06. The molecular weight excluding hydrogens is 190 g/mol. The number of amides is 1. The number of primary amides is 1. The van der Waals surface area contributed by atoms with Crippen molar-refractivity contribution in [3.05, 3.63) is 29.5 Å². The van der Waals surface area contributed by atoms with E-state index in [2.05, 4.69) is 4.98 Å². The number of carbonyl (C=O) groups excluding carboxylic acids is 1. The Morgan fingerprint density at radius 2 is 2.23 bits per heavy atom.